The molecule has 0 amide bonds. The van der Waals surface area contributed by atoms with E-state index < -0.39 is 0 Å². The SMILES string of the molecule is OCc1cccc(NC2CCC(O)CC2)c1. The van der Waals surface area contributed by atoms with Gasteiger partial charge in [0.1, 0.15) is 0 Å². The van der Waals surface area contributed by atoms with E-state index in [9.17, 15) is 5.11 Å². The third-order valence-corrected chi connectivity index (χ3v) is 3.18. The van der Waals surface area contributed by atoms with E-state index in [0.717, 1.165) is 36.9 Å². The molecule has 0 bridgehead atoms. The zero-order valence-corrected chi connectivity index (χ0v) is 9.39. The van der Waals surface area contributed by atoms with Gasteiger partial charge in [-0.2, -0.15) is 0 Å². The van der Waals surface area contributed by atoms with Crippen molar-refractivity contribution in [3.05, 3.63) is 29.8 Å². The van der Waals surface area contributed by atoms with E-state index in [4.69, 9.17) is 5.11 Å². The molecule has 0 saturated heterocycles. The number of rotatable bonds is 3. The second kappa shape index (κ2) is 5.32. The predicted molar refractivity (Wildman–Crippen MR) is 64.3 cm³/mol. The van der Waals surface area contributed by atoms with Crippen molar-refractivity contribution in [1.29, 1.82) is 0 Å². The maximum absolute atomic E-state index is 9.41. The average Bonchev–Trinajstić information content (AvgIpc) is 2.32. The van der Waals surface area contributed by atoms with Crippen LogP contribution in [0.4, 0.5) is 5.69 Å². The summed E-state index contributed by atoms with van der Waals surface area (Å²) in [5.41, 5.74) is 1.99. The Balaban J connectivity index is 1.93. The lowest BCUT2D eigenvalue weighted by Gasteiger charge is -2.27. The molecule has 0 aromatic heterocycles. The number of benzene rings is 1. The summed E-state index contributed by atoms with van der Waals surface area (Å²) in [5, 5.41) is 21.9. The van der Waals surface area contributed by atoms with Crippen molar-refractivity contribution in [2.45, 2.75) is 44.4 Å². The Bertz CT molecular complexity index is 332. The number of nitrogens with one attached hydrogen (secondary N) is 1. The van der Waals surface area contributed by atoms with Gasteiger partial charge in [0.25, 0.3) is 0 Å². The minimum atomic E-state index is -0.109. The van der Waals surface area contributed by atoms with E-state index in [-0.39, 0.29) is 12.7 Å². The van der Waals surface area contributed by atoms with Crippen molar-refractivity contribution in [2.24, 2.45) is 0 Å². The lowest BCUT2D eigenvalue weighted by molar-refractivity contribution is 0.126. The smallest absolute Gasteiger partial charge is 0.0682 e. The first kappa shape index (κ1) is 11.4. The molecule has 3 heteroatoms. The van der Waals surface area contributed by atoms with Gasteiger partial charge < -0.3 is 15.5 Å². The van der Waals surface area contributed by atoms with E-state index in [2.05, 4.69) is 5.32 Å². The van der Waals surface area contributed by atoms with Crippen LogP contribution in [0.5, 0.6) is 0 Å². The summed E-state index contributed by atoms with van der Waals surface area (Å²) in [6.45, 7) is 0.0822. The topological polar surface area (TPSA) is 52.5 Å². The van der Waals surface area contributed by atoms with Crippen LogP contribution in [0.15, 0.2) is 24.3 Å². The van der Waals surface area contributed by atoms with Crippen molar-refractivity contribution in [3.63, 3.8) is 0 Å². The Kier molecular flexibility index (Phi) is 3.80. The fourth-order valence-electron chi connectivity index (χ4n) is 2.22. The van der Waals surface area contributed by atoms with Crippen molar-refractivity contribution in [2.75, 3.05) is 5.32 Å². The highest BCUT2D eigenvalue weighted by Gasteiger charge is 2.18. The molecule has 0 aliphatic heterocycles. The first-order chi connectivity index (χ1) is 7.78. The van der Waals surface area contributed by atoms with Gasteiger partial charge in [-0.1, -0.05) is 12.1 Å². The molecule has 0 radical (unpaired) electrons. The molecule has 1 aromatic carbocycles. The maximum atomic E-state index is 9.41. The molecule has 1 saturated carbocycles. The molecule has 1 fully saturated rings. The molecule has 3 nitrogen and oxygen atoms in total. The number of aliphatic hydroxyl groups excluding tert-OH is 2. The van der Waals surface area contributed by atoms with Crippen LogP contribution in [0.25, 0.3) is 0 Å². The van der Waals surface area contributed by atoms with E-state index in [0.29, 0.717) is 6.04 Å². The average molecular weight is 221 g/mol. The summed E-state index contributed by atoms with van der Waals surface area (Å²) in [7, 11) is 0. The van der Waals surface area contributed by atoms with E-state index in [1.807, 2.05) is 24.3 Å². The van der Waals surface area contributed by atoms with Crippen LogP contribution in [0, 0.1) is 0 Å². The zero-order valence-electron chi connectivity index (χ0n) is 9.39. The van der Waals surface area contributed by atoms with Crippen LogP contribution in [0.2, 0.25) is 0 Å². The van der Waals surface area contributed by atoms with Gasteiger partial charge in [-0.05, 0) is 43.4 Å². The summed E-state index contributed by atoms with van der Waals surface area (Å²) in [6.07, 6.45) is 3.70. The highest BCUT2D eigenvalue weighted by atomic mass is 16.3. The van der Waals surface area contributed by atoms with Gasteiger partial charge >= 0.3 is 0 Å². The van der Waals surface area contributed by atoms with Crippen LogP contribution >= 0.6 is 0 Å². The molecule has 1 aromatic rings. The van der Waals surface area contributed by atoms with Crippen molar-refractivity contribution < 1.29 is 10.2 Å². The Labute approximate surface area is 96.1 Å². The highest BCUT2D eigenvalue weighted by Crippen LogP contribution is 2.22. The van der Waals surface area contributed by atoms with Gasteiger partial charge in [0.15, 0.2) is 0 Å². The molecule has 1 aliphatic rings. The normalized spacial score (nSPS) is 25.4. The van der Waals surface area contributed by atoms with Gasteiger partial charge in [0, 0.05) is 11.7 Å². The highest BCUT2D eigenvalue weighted by molar-refractivity contribution is 5.46. The van der Waals surface area contributed by atoms with E-state index in [1.54, 1.807) is 0 Å². The first-order valence-electron chi connectivity index (χ1n) is 5.92. The lowest BCUT2D eigenvalue weighted by atomic mass is 9.93. The molecule has 2 rings (SSSR count). The first-order valence-corrected chi connectivity index (χ1v) is 5.92. The Hall–Kier alpha value is -1.06. The Morgan fingerprint density at radius 2 is 1.94 bits per heavy atom. The zero-order chi connectivity index (χ0) is 11.4. The van der Waals surface area contributed by atoms with Gasteiger partial charge in [0.2, 0.25) is 0 Å². The molecular formula is C13H19NO2. The Morgan fingerprint density at radius 3 is 2.62 bits per heavy atom. The Morgan fingerprint density at radius 1 is 1.19 bits per heavy atom. The second-order valence-corrected chi connectivity index (χ2v) is 4.51. The van der Waals surface area contributed by atoms with Crippen LogP contribution in [-0.4, -0.2) is 22.4 Å². The number of hydrogen-bond acceptors (Lipinski definition) is 3. The molecule has 0 heterocycles. The van der Waals surface area contributed by atoms with Crippen LogP contribution < -0.4 is 5.32 Å². The molecular weight excluding hydrogens is 202 g/mol. The molecule has 88 valence electrons. The molecule has 0 atom stereocenters. The van der Waals surface area contributed by atoms with Crippen molar-refractivity contribution in [3.8, 4) is 0 Å². The molecule has 16 heavy (non-hydrogen) atoms. The molecule has 0 unspecified atom stereocenters. The van der Waals surface area contributed by atoms with Gasteiger partial charge in [-0.3, -0.25) is 0 Å². The maximum Gasteiger partial charge on any atom is 0.0682 e. The minimum absolute atomic E-state index is 0.0822. The number of hydrogen-bond donors (Lipinski definition) is 3. The van der Waals surface area contributed by atoms with Gasteiger partial charge in [-0.25, -0.2) is 0 Å². The largest absolute Gasteiger partial charge is 0.393 e. The third kappa shape index (κ3) is 2.97. The van der Waals surface area contributed by atoms with E-state index in [1.165, 1.54) is 0 Å². The predicted octanol–water partition coefficient (Wildman–Crippen LogP) is 1.89. The van der Waals surface area contributed by atoms with Crippen molar-refractivity contribution in [1.82, 2.24) is 0 Å². The molecule has 0 spiro atoms. The second-order valence-electron chi connectivity index (χ2n) is 4.51. The summed E-state index contributed by atoms with van der Waals surface area (Å²) < 4.78 is 0. The fourth-order valence-corrected chi connectivity index (χ4v) is 2.22. The summed E-state index contributed by atoms with van der Waals surface area (Å²) in [5.74, 6) is 0. The third-order valence-electron chi connectivity index (χ3n) is 3.18. The van der Waals surface area contributed by atoms with E-state index >= 15 is 0 Å². The van der Waals surface area contributed by atoms with Crippen LogP contribution in [-0.2, 0) is 6.61 Å². The molecule has 3 N–H and O–H groups in total. The lowest BCUT2D eigenvalue weighted by Crippen LogP contribution is -2.28. The standard InChI is InChI=1S/C13H19NO2/c15-9-10-2-1-3-12(8-10)14-11-4-6-13(16)7-5-11/h1-3,8,11,13-16H,4-7,9H2. The van der Waals surface area contributed by atoms with Crippen LogP contribution in [0.1, 0.15) is 31.2 Å². The molecule has 1 aliphatic carbocycles. The number of aliphatic hydroxyl groups is 2. The minimum Gasteiger partial charge on any atom is -0.393 e. The number of anilines is 1. The van der Waals surface area contributed by atoms with Crippen LogP contribution in [0.3, 0.4) is 0 Å². The van der Waals surface area contributed by atoms with Gasteiger partial charge in [0.05, 0.1) is 12.7 Å². The fraction of sp³-hybridized carbons (Fsp3) is 0.538. The summed E-state index contributed by atoms with van der Waals surface area (Å²) in [4.78, 5) is 0. The summed E-state index contributed by atoms with van der Waals surface area (Å²) in [6, 6.07) is 8.31. The van der Waals surface area contributed by atoms with Gasteiger partial charge in [-0.15, -0.1) is 0 Å². The monoisotopic (exact) mass is 221 g/mol. The van der Waals surface area contributed by atoms with Crippen molar-refractivity contribution >= 4 is 5.69 Å². The summed E-state index contributed by atoms with van der Waals surface area (Å²) >= 11 is 0. The quantitative estimate of drug-likeness (QED) is 0.730.